The molecule has 228 valence electrons. The summed E-state index contributed by atoms with van der Waals surface area (Å²) in [7, 11) is -2.01. The van der Waals surface area contributed by atoms with Crippen LogP contribution in [0, 0.1) is 5.82 Å². The fourth-order valence-electron chi connectivity index (χ4n) is 4.30. The lowest BCUT2D eigenvalue weighted by atomic mass is 10.0. The fraction of sp³-hybridized carbons (Fsp3) is 0.345. The highest BCUT2D eigenvalue weighted by atomic mass is 32.2. The van der Waals surface area contributed by atoms with Gasteiger partial charge in [0, 0.05) is 31.7 Å². The highest BCUT2D eigenvalue weighted by molar-refractivity contribution is 7.89. The van der Waals surface area contributed by atoms with E-state index in [1.807, 2.05) is 24.3 Å². The first-order chi connectivity index (χ1) is 19.9. The van der Waals surface area contributed by atoms with Crippen LogP contribution in [0.5, 0.6) is 5.75 Å². The number of carbonyl (C=O) groups is 1. The lowest BCUT2D eigenvalue weighted by molar-refractivity contribution is -0.192. The third-order valence-electron chi connectivity index (χ3n) is 6.45. The molecule has 1 aliphatic rings. The molecule has 0 aromatic heterocycles. The Morgan fingerprint density at radius 1 is 0.976 bits per heavy atom. The number of hydrogen-bond acceptors (Lipinski definition) is 6. The molecular weight excluding hydrogens is 578 g/mol. The number of ether oxygens (including phenoxy) is 1. The van der Waals surface area contributed by atoms with E-state index in [2.05, 4.69) is 14.9 Å². The van der Waals surface area contributed by atoms with E-state index in [0.717, 1.165) is 41.9 Å². The number of halogens is 4. The maximum Gasteiger partial charge on any atom is 0.490 e. The number of hydrogen-bond donors (Lipinski definition) is 3. The Balaban J connectivity index is 0.000000616. The Morgan fingerprint density at radius 2 is 1.60 bits per heavy atom. The van der Waals surface area contributed by atoms with Crippen molar-refractivity contribution in [1.29, 1.82) is 0 Å². The maximum atomic E-state index is 13.1. The first kappa shape index (κ1) is 33.0. The molecule has 0 aliphatic carbocycles. The number of carboxylic acid groups (broad SMARTS) is 1. The van der Waals surface area contributed by atoms with Crippen molar-refractivity contribution in [2.75, 3.05) is 33.3 Å². The van der Waals surface area contributed by atoms with E-state index in [1.165, 1.54) is 25.0 Å². The number of sulfonamides is 1. The number of aliphatic carboxylic acids is 1. The van der Waals surface area contributed by atoms with E-state index in [0.29, 0.717) is 25.4 Å². The van der Waals surface area contributed by atoms with Crippen molar-refractivity contribution in [3.05, 3.63) is 83.7 Å². The Morgan fingerprint density at radius 3 is 2.21 bits per heavy atom. The largest absolute Gasteiger partial charge is 0.496 e. The molecule has 0 atom stereocenters. The molecule has 4 rings (SSSR count). The third kappa shape index (κ3) is 10.1. The van der Waals surface area contributed by atoms with Crippen LogP contribution in [0.2, 0.25) is 0 Å². The second-order valence-corrected chi connectivity index (χ2v) is 11.3. The number of carboxylic acids is 1. The highest BCUT2D eigenvalue weighted by Crippen LogP contribution is 2.32. The molecule has 0 spiro atoms. The van der Waals surface area contributed by atoms with E-state index in [9.17, 15) is 26.0 Å². The summed E-state index contributed by atoms with van der Waals surface area (Å²) in [4.78, 5) is 11.4. The van der Waals surface area contributed by atoms with Gasteiger partial charge in [-0.05, 0) is 79.0 Å². The second kappa shape index (κ2) is 15.1. The van der Waals surface area contributed by atoms with Crippen LogP contribution in [0.25, 0.3) is 11.1 Å². The summed E-state index contributed by atoms with van der Waals surface area (Å²) in [5.74, 6) is -2.34. The molecule has 1 saturated heterocycles. The summed E-state index contributed by atoms with van der Waals surface area (Å²) in [6, 6.07) is 19.2. The average molecular weight is 612 g/mol. The molecular formula is C29H33F4N3O5S. The molecule has 0 amide bonds. The van der Waals surface area contributed by atoms with Crippen LogP contribution in [0.1, 0.15) is 24.0 Å². The molecule has 3 N–H and O–H groups in total. The SMILES string of the molecule is COc1ccc(CNCc2ccc(F)cc2)cc1-c1cccc(S(=O)(=O)NCCN2CCCC2)c1.O=C(O)C(F)(F)F. The van der Waals surface area contributed by atoms with Crippen LogP contribution in [0.3, 0.4) is 0 Å². The van der Waals surface area contributed by atoms with Gasteiger partial charge in [-0.25, -0.2) is 22.3 Å². The monoisotopic (exact) mass is 611 g/mol. The lowest BCUT2D eigenvalue weighted by Gasteiger charge is -2.15. The van der Waals surface area contributed by atoms with Crippen LogP contribution >= 0.6 is 0 Å². The van der Waals surface area contributed by atoms with Crippen molar-refractivity contribution in [2.45, 2.75) is 37.0 Å². The van der Waals surface area contributed by atoms with Gasteiger partial charge in [0.2, 0.25) is 10.0 Å². The predicted octanol–water partition coefficient (Wildman–Crippen LogP) is 4.80. The van der Waals surface area contributed by atoms with Gasteiger partial charge < -0.3 is 20.1 Å². The van der Waals surface area contributed by atoms with E-state index >= 15 is 0 Å². The van der Waals surface area contributed by atoms with Crippen molar-refractivity contribution in [3.8, 4) is 16.9 Å². The van der Waals surface area contributed by atoms with Gasteiger partial charge in [-0.15, -0.1) is 0 Å². The van der Waals surface area contributed by atoms with E-state index < -0.39 is 22.2 Å². The molecule has 0 bridgehead atoms. The molecule has 0 radical (unpaired) electrons. The van der Waals surface area contributed by atoms with Gasteiger partial charge in [-0.1, -0.05) is 30.3 Å². The third-order valence-corrected chi connectivity index (χ3v) is 7.91. The molecule has 0 unspecified atom stereocenters. The van der Waals surface area contributed by atoms with Gasteiger partial charge >= 0.3 is 12.1 Å². The summed E-state index contributed by atoms with van der Waals surface area (Å²) in [5.41, 5.74) is 3.61. The zero-order valence-electron chi connectivity index (χ0n) is 23.0. The minimum Gasteiger partial charge on any atom is -0.496 e. The van der Waals surface area contributed by atoms with E-state index in [-0.39, 0.29) is 10.7 Å². The van der Waals surface area contributed by atoms with Crippen molar-refractivity contribution in [2.24, 2.45) is 0 Å². The molecule has 3 aromatic carbocycles. The molecule has 1 aliphatic heterocycles. The first-order valence-electron chi connectivity index (χ1n) is 13.1. The summed E-state index contributed by atoms with van der Waals surface area (Å²) in [5, 5.41) is 10.5. The van der Waals surface area contributed by atoms with Crippen LogP contribution in [-0.2, 0) is 27.9 Å². The molecule has 0 saturated carbocycles. The molecule has 3 aromatic rings. The van der Waals surface area contributed by atoms with Crippen molar-refractivity contribution < 1.29 is 40.6 Å². The van der Waals surface area contributed by atoms with Gasteiger partial charge in [0.1, 0.15) is 11.6 Å². The Bertz CT molecular complexity index is 1430. The fourth-order valence-corrected chi connectivity index (χ4v) is 5.37. The van der Waals surface area contributed by atoms with Crippen LogP contribution in [0.4, 0.5) is 17.6 Å². The number of nitrogens with zero attached hydrogens (tertiary/aromatic N) is 1. The molecule has 13 heteroatoms. The first-order valence-corrected chi connectivity index (χ1v) is 14.6. The molecule has 42 heavy (non-hydrogen) atoms. The minimum atomic E-state index is -5.08. The number of alkyl halides is 3. The van der Waals surface area contributed by atoms with Crippen molar-refractivity contribution in [3.63, 3.8) is 0 Å². The molecule has 1 fully saturated rings. The van der Waals surface area contributed by atoms with Gasteiger partial charge in [0.25, 0.3) is 0 Å². The van der Waals surface area contributed by atoms with E-state index in [4.69, 9.17) is 14.6 Å². The summed E-state index contributed by atoms with van der Waals surface area (Å²) < 4.78 is 79.0. The summed E-state index contributed by atoms with van der Waals surface area (Å²) in [6.45, 7) is 4.39. The van der Waals surface area contributed by atoms with Gasteiger partial charge in [-0.3, -0.25) is 0 Å². The second-order valence-electron chi connectivity index (χ2n) is 9.54. The number of rotatable bonds is 11. The topological polar surface area (TPSA) is 108 Å². The lowest BCUT2D eigenvalue weighted by Crippen LogP contribution is -2.33. The normalized spacial score (nSPS) is 13.8. The number of nitrogens with one attached hydrogen (secondary N) is 2. The summed E-state index contributed by atoms with van der Waals surface area (Å²) in [6.07, 6.45) is -2.73. The van der Waals surface area contributed by atoms with E-state index in [1.54, 1.807) is 37.4 Å². The smallest absolute Gasteiger partial charge is 0.490 e. The zero-order valence-corrected chi connectivity index (χ0v) is 23.8. The Hall–Kier alpha value is -3.52. The van der Waals surface area contributed by atoms with Gasteiger partial charge in [-0.2, -0.15) is 13.2 Å². The quantitative estimate of drug-likeness (QED) is 0.268. The number of benzene rings is 3. The number of methoxy groups -OCH3 is 1. The van der Waals surface area contributed by atoms with Gasteiger partial charge in [0.15, 0.2) is 0 Å². The maximum absolute atomic E-state index is 13.1. The van der Waals surface area contributed by atoms with Crippen molar-refractivity contribution in [1.82, 2.24) is 14.9 Å². The Labute approximate surface area is 242 Å². The number of likely N-dealkylation sites (tertiary alicyclic amines) is 1. The molecule has 1 heterocycles. The zero-order chi connectivity index (χ0) is 30.8. The summed E-state index contributed by atoms with van der Waals surface area (Å²) >= 11 is 0. The molecule has 8 nitrogen and oxygen atoms in total. The van der Waals surface area contributed by atoms with Crippen LogP contribution in [-0.4, -0.2) is 63.9 Å². The van der Waals surface area contributed by atoms with Crippen LogP contribution < -0.4 is 14.8 Å². The highest BCUT2D eigenvalue weighted by Gasteiger charge is 2.38. The van der Waals surface area contributed by atoms with Gasteiger partial charge in [0.05, 0.1) is 12.0 Å². The standard InChI is InChI=1S/C27H32FN3O3S.C2HF3O2/c1-34-27-12-9-22(20-29-19-21-7-10-24(28)11-8-21)17-26(27)23-5-4-6-25(18-23)35(32,33)30-13-16-31-14-2-3-15-31;3-2(4,5)1(6)7/h4-12,17-18,29-30H,2-3,13-16,19-20H2,1H3;(H,6,7). The minimum absolute atomic E-state index is 0.235. The predicted molar refractivity (Wildman–Crippen MR) is 150 cm³/mol. The average Bonchev–Trinajstić information content (AvgIpc) is 3.47. The van der Waals surface area contributed by atoms with Crippen molar-refractivity contribution >= 4 is 16.0 Å². The Kier molecular flexibility index (Phi) is 11.9. The van der Waals surface area contributed by atoms with Crippen LogP contribution in [0.15, 0.2) is 71.6 Å².